The first-order valence-corrected chi connectivity index (χ1v) is 15.4. The normalized spacial score (nSPS) is 13.0. The molecule has 7 aromatic carbocycles. The van der Waals surface area contributed by atoms with E-state index < -0.39 is 47.0 Å². The highest BCUT2D eigenvalue weighted by atomic mass is 19.4. The van der Waals surface area contributed by atoms with E-state index in [0.29, 0.717) is 32.8 Å². The summed E-state index contributed by atoms with van der Waals surface area (Å²) in [6, 6.07) is 23.3. The molecular formula is C40H20F12. The lowest BCUT2D eigenvalue weighted by Crippen LogP contribution is -2.05. The highest BCUT2D eigenvalue weighted by molar-refractivity contribution is 6.31. The van der Waals surface area contributed by atoms with Gasteiger partial charge in [0.25, 0.3) is 0 Å². The SMILES string of the molecule is FC(F)(F)c1ccc(-c2ccc3c4ccc(C(F)(F)F)cc4c4c(-c5ccc(C(F)(F)F)cc5)ccc(-c5ccc(C(F)(F)F)cc5)c4c3c2)cc1. The van der Waals surface area contributed by atoms with Gasteiger partial charge in [-0.15, -0.1) is 0 Å². The summed E-state index contributed by atoms with van der Waals surface area (Å²) in [5.41, 5.74) is -2.01. The van der Waals surface area contributed by atoms with Crippen molar-refractivity contribution >= 4 is 32.3 Å². The molecule has 264 valence electrons. The number of halogens is 12. The molecule has 7 rings (SSSR count). The zero-order chi connectivity index (χ0) is 37.4. The topological polar surface area (TPSA) is 0 Å². The van der Waals surface area contributed by atoms with Gasteiger partial charge in [-0.1, -0.05) is 66.7 Å². The third-order valence-corrected chi connectivity index (χ3v) is 8.99. The van der Waals surface area contributed by atoms with Crippen LogP contribution in [0.25, 0.3) is 65.7 Å². The smallest absolute Gasteiger partial charge is 0.166 e. The van der Waals surface area contributed by atoms with Gasteiger partial charge in [-0.25, -0.2) is 0 Å². The minimum Gasteiger partial charge on any atom is -0.166 e. The van der Waals surface area contributed by atoms with Crippen molar-refractivity contribution in [3.05, 3.63) is 144 Å². The Bertz CT molecular complexity index is 2460. The minimum absolute atomic E-state index is 0.0725. The van der Waals surface area contributed by atoms with Crippen LogP contribution in [0.15, 0.2) is 121 Å². The largest absolute Gasteiger partial charge is 0.416 e. The van der Waals surface area contributed by atoms with Crippen molar-refractivity contribution in [3.8, 4) is 33.4 Å². The average molecular weight is 729 g/mol. The van der Waals surface area contributed by atoms with Gasteiger partial charge in [0.15, 0.2) is 0 Å². The molecule has 0 saturated heterocycles. The van der Waals surface area contributed by atoms with Crippen LogP contribution >= 0.6 is 0 Å². The summed E-state index contributed by atoms with van der Waals surface area (Å²) in [5, 5.41) is 1.66. The number of rotatable bonds is 3. The van der Waals surface area contributed by atoms with Gasteiger partial charge < -0.3 is 0 Å². The molecule has 0 aliphatic heterocycles. The predicted octanol–water partition coefficient (Wildman–Crippen LogP) is 14.2. The highest BCUT2D eigenvalue weighted by Crippen LogP contribution is 2.47. The first kappa shape index (κ1) is 34.9. The lowest BCUT2D eigenvalue weighted by Gasteiger charge is -2.20. The van der Waals surface area contributed by atoms with Crippen molar-refractivity contribution in [2.24, 2.45) is 0 Å². The van der Waals surface area contributed by atoms with Gasteiger partial charge in [0, 0.05) is 0 Å². The lowest BCUT2D eigenvalue weighted by molar-refractivity contribution is -0.138. The van der Waals surface area contributed by atoms with Crippen LogP contribution in [0.3, 0.4) is 0 Å². The quantitative estimate of drug-likeness (QED) is 0.126. The first-order chi connectivity index (χ1) is 24.3. The Balaban J connectivity index is 1.62. The van der Waals surface area contributed by atoms with Gasteiger partial charge >= 0.3 is 24.7 Å². The molecule has 52 heavy (non-hydrogen) atoms. The Morgan fingerprint density at radius 1 is 0.250 bits per heavy atom. The molecule has 7 aromatic rings. The monoisotopic (exact) mass is 728 g/mol. The molecule has 0 unspecified atom stereocenters. The van der Waals surface area contributed by atoms with Crippen LogP contribution in [0.5, 0.6) is 0 Å². The molecule has 0 fully saturated rings. The fourth-order valence-corrected chi connectivity index (χ4v) is 6.50. The molecule has 0 nitrogen and oxygen atoms in total. The molecule has 0 amide bonds. The van der Waals surface area contributed by atoms with Gasteiger partial charge in [0.1, 0.15) is 0 Å². The molecular weight excluding hydrogens is 708 g/mol. The lowest BCUT2D eigenvalue weighted by atomic mass is 9.84. The van der Waals surface area contributed by atoms with E-state index in [0.717, 1.165) is 48.5 Å². The van der Waals surface area contributed by atoms with Crippen molar-refractivity contribution < 1.29 is 52.7 Å². The summed E-state index contributed by atoms with van der Waals surface area (Å²) in [7, 11) is 0. The third-order valence-electron chi connectivity index (χ3n) is 8.99. The maximum atomic E-state index is 14.2. The summed E-state index contributed by atoms with van der Waals surface area (Å²) >= 11 is 0. The molecule has 0 radical (unpaired) electrons. The Morgan fingerprint density at radius 3 is 0.942 bits per heavy atom. The van der Waals surface area contributed by atoms with E-state index in [1.54, 1.807) is 18.2 Å². The van der Waals surface area contributed by atoms with E-state index in [9.17, 15) is 52.7 Å². The zero-order valence-corrected chi connectivity index (χ0v) is 26.1. The van der Waals surface area contributed by atoms with Crippen LogP contribution in [0.2, 0.25) is 0 Å². The molecule has 0 atom stereocenters. The molecule has 0 saturated carbocycles. The summed E-state index contributed by atoms with van der Waals surface area (Å²) in [5.74, 6) is 0. The molecule has 0 bridgehead atoms. The van der Waals surface area contributed by atoms with E-state index in [4.69, 9.17) is 0 Å². The van der Waals surface area contributed by atoms with Gasteiger partial charge in [-0.2, -0.15) is 52.7 Å². The summed E-state index contributed by atoms with van der Waals surface area (Å²) in [4.78, 5) is 0. The standard InChI is InChI=1S/C40H20F12/c41-37(42,43)25-8-1-21(2-9-25)24-7-15-31-32-16-14-28(40(50,51)52)20-34(32)36-30(23-5-12-27(13-6-23)39(47,48)49)18-17-29(35(36)33(31)19-24)22-3-10-26(11-4-22)38(44,45)46/h1-20H. The van der Waals surface area contributed by atoms with Crippen molar-refractivity contribution in [1.82, 2.24) is 0 Å². The van der Waals surface area contributed by atoms with E-state index >= 15 is 0 Å². The first-order valence-electron chi connectivity index (χ1n) is 15.4. The Hall–Kier alpha value is -5.52. The van der Waals surface area contributed by atoms with Gasteiger partial charge in [0.05, 0.1) is 22.3 Å². The maximum absolute atomic E-state index is 14.2. The van der Waals surface area contributed by atoms with E-state index in [1.165, 1.54) is 54.6 Å². The Morgan fingerprint density at radius 2 is 0.558 bits per heavy atom. The van der Waals surface area contributed by atoms with Crippen molar-refractivity contribution in [1.29, 1.82) is 0 Å². The van der Waals surface area contributed by atoms with E-state index in [2.05, 4.69) is 0 Å². The fraction of sp³-hybridized carbons (Fsp3) is 0.100. The predicted molar refractivity (Wildman–Crippen MR) is 175 cm³/mol. The van der Waals surface area contributed by atoms with Crippen molar-refractivity contribution in [3.63, 3.8) is 0 Å². The van der Waals surface area contributed by atoms with Crippen LogP contribution in [0, 0.1) is 0 Å². The van der Waals surface area contributed by atoms with Crippen LogP contribution in [0.4, 0.5) is 52.7 Å². The second kappa shape index (κ2) is 12.0. The maximum Gasteiger partial charge on any atom is 0.416 e. The van der Waals surface area contributed by atoms with Gasteiger partial charge in [0.2, 0.25) is 0 Å². The van der Waals surface area contributed by atoms with Crippen LogP contribution in [-0.4, -0.2) is 0 Å². The molecule has 0 spiro atoms. The van der Waals surface area contributed by atoms with Crippen LogP contribution in [-0.2, 0) is 24.7 Å². The fourth-order valence-electron chi connectivity index (χ4n) is 6.50. The Kier molecular flexibility index (Phi) is 8.08. The molecule has 0 aliphatic rings. The second-order valence-electron chi connectivity index (χ2n) is 12.2. The second-order valence-corrected chi connectivity index (χ2v) is 12.2. The molecule has 12 heteroatoms. The average Bonchev–Trinajstić information content (AvgIpc) is 3.09. The number of alkyl halides is 12. The zero-order valence-electron chi connectivity index (χ0n) is 26.1. The third kappa shape index (κ3) is 6.31. The van der Waals surface area contributed by atoms with E-state index in [1.807, 2.05) is 0 Å². The van der Waals surface area contributed by atoms with Crippen LogP contribution < -0.4 is 0 Å². The molecule has 0 aliphatic carbocycles. The molecule has 0 aromatic heterocycles. The molecule has 0 N–H and O–H groups in total. The van der Waals surface area contributed by atoms with Crippen molar-refractivity contribution in [2.45, 2.75) is 24.7 Å². The number of benzene rings is 7. The number of hydrogen-bond donors (Lipinski definition) is 0. The minimum atomic E-state index is -4.79. The van der Waals surface area contributed by atoms with Gasteiger partial charge in [-0.05, 0) is 120 Å². The number of fused-ring (bicyclic) bond motifs is 6. The summed E-state index contributed by atoms with van der Waals surface area (Å²) < 4.78 is 163. The summed E-state index contributed by atoms with van der Waals surface area (Å²) in [6.45, 7) is 0. The van der Waals surface area contributed by atoms with E-state index in [-0.39, 0.29) is 32.8 Å². The van der Waals surface area contributed by atoms with Crippen LogP contribution in [0.1, 0.15) is 22.3 Å². The Labute approximate surface area is 286 Å². The number of hydrogen-bond acceptors (Lipinski definition) is 0. The highest BCUT2D eigenvalue weighted by Gasteiger charge is 2.33. The molecule has 0 heterocycles. The van der Waals surface area contributed by atoms with Crippen molar-refractivity contribution in [2.75, 3.05) is 0 Å². The van der Waals surface area contributed by atoms with Gasteiger partial charge in [-0.3, -0.25) is 0 Å². The summed E-state index contributed by atoms with van der Waals surface area (Å²) in [6.07, 6.45) is -18.7.